The van der Waals surface area contributed by atoms with Gasteiger partial charge in [0.25, 0.3) is 0 Å². The fraction of sp³-hybridized carbons (Fsp3) is 0.118. The van der Waals surface area contributed by atoms with E-state index in [2.05, 4.69) is 15.3 Å². The van der Waals surface area contributed by atoms with Crippen LogP contribution in [-0.4, -0.2) is 28.7 Å². The Bertz CT molecular complexity index is 1020. The number of fused-ring (bicyclic) bond motifs is 2. The number of hydrogen-bond donors (Lipinski definition) is 1. The van der Waals surface area contributed by atoms with Crippen molar-refractivity contribution in [1.29, 1.82) is 0 Å². The molecule has 2 aromatic carbocycles. The van der Waals surface area contributed by atoms with Gasteiger partial charge in [0.2, 0.25) is 5.91 Å². The predicted octanol–water partition coefficient (Wildman–Crippen LogP) is 4.65. The Labute approximate surface area is 156 Å². The van der Waals surface area contributed by atoms with Crippen molar-refractivity contribution in [2.75, 3.05) is 18.2 Å². The molecular formula is C17H13N3O2S3. The van der Waals surface area contributed by atoms with E-state index in [9.17, 15) is 4.79 Å². The summed E-state index contributed by atoms with van der Waals surface area (Å²) in [5.74, 6) is 0.910. The van der Waals surface area contributed by atoms with E-state index in [0.717, 1.165) is 24.8 Å². The van der Waals surface area contributed by atoms with Crippen LogP contribution >= 0.6 is 34.4 Å². The molecule has 0 fully saturated rings. The second-order valence-electron chi connectivity index (χ2n) is 5.11. The highest BCUT2D eigenvalue weighted by molar-refractivity contribution is 8.01. The molecule has 4 aromatic rings. The van der Waals surface area contributed by atoms with Gasteiger partial charge in [-0.05, 0) is 24.3 Å². The normalized spacial score (nSPS) is 11.1. The molecular weight excluding hydrogens is 374 g/mol. The summed E-state index contributed by atoms with van der Waals surface area (Å²) in [5, 5.41) is 3.43. The summed E-state index contributed by atoms with van der Waals surface area (Å²) in [4.78, 5) is 21.2. The van der Waals surface area contributed by atoms with Crippen molar-refractivity contribution in [3.8, 4) is 5.75 Å². The van der Waals surface area contributed by atoms with Crippen molar-refractivity contribution in [1.82, 2.24) is 9.97 Å². The average Bonchev–Trinajstić information content (AvgIpc) is 3.22. The molecule has 0 spiro atoms. The Morgan fingerprint density at radius 2 is 1.96 bits per heavy atom. The lowest BCUT2D eigenvalue weighted by atomic mass is 10.3. The number of nitrogens with one attached hydrogen (secondary N) is 1. The van der Waals surface area contributed by atoms with Crippen molar-refractivity contribution in [2.24, 2.45) is 0 Å². The van der Waals surface area contributed by atoms with Crippen LogP contribution in [0.15, 0.2) is 46.8 Å². The van der Waals surface area contributed by atoms with E-state index in [-0.39, 0.29) is 5.91 Å². The van der Waals surface area contributed by atoms with E-state index in [1.54, 1.807) is 18.4 Å². The molecule has 0 aliphatic rings. The maximum Gasteiger partial charge on any atom is 0.236 e. The van der Waals surface area contributed by atoms with Crippen LogP contribution in [0.1, 0.15) is 0 Å². The largest absolute Gasteiger partial charge is 0.494 e. The van der Waals surface area contributed by atoms with E-state index in [1.165, 1.54) is 23.1 Å². The van der Waals surface area contributed by atoms with Crippen LogP contribution in [0.3, 0.4) is 0 Å². The third-order valence-electron chi connectivity index (χ3n) is 3.45. The Kier molecular flexibility index (Phi) is 4.56. The van der Waals surface area contributed by atoms with Gasteiger partial charge < -0.3 is 10.1 Å². The number of anilines is 1. The first-order valence-electron chi connectivity index (χ1n) is 7.45. The smallest absolute Gasteiger partial charge is 0.236 e. The summed E-state index contributed by atoms with van der Waals surface area (Å²) >= 11 is 4.47. The Morgan fingerprint density at radius 3 is 2.80 bits per heavy atom. The highest BCUT2D eigenvalue weighted by Crippen LogP contribution is 2.33. The molecule has 1 N–H and O–H groups in total. The minimum absolute atomic E-state index is 0.0951. The van der Waals surface area contributed by atoms with Gasteiger partial charge in [-0.1, -0.05) is 41.3 Å². The zero-order valence-corrected chi connectivity index (χ0v) is 15.6. The lowest BCUT2D eigenvalue weighted by molar-refractivity contribution is -0.113. The number of ether oxygens (including phenoxy) is 1. The van der Waals surface area contributed by atoms with E-state index in [4.69, 9.17) is 4.74 Å². The Hall–Kier alpha value is -2.16. The molecule has 0 saturated heterocycles. The van der Waals surface area contributed by atoms with Crippen molar-refractivity contribution in [3.05, 3.63) is 42.5 Å². The molecule has 5 nitrogen and oxygen atoms in total. The van der Waals surface area contributed by atoms with E-state index < -0.39 is 0 Å². The molecule has 25 heavy (non-hydrogen) atoms. The predicted molar refractivity (Wildman–Crippen MR) is 105 cm³/mol. The molecule has 2 aromatic heterocycles. The molecule has 1 amide bonds. The van der Waals surface area contributed by atoms with Crippen molar-refractivity contribution in [2.45, 2.75) is 4.34 Å². The van der Waals surface area contributed by atoms with Crippen LogP contribution in [0.25, 0.3) is 20.4 Å². The molecule has 126 valence electrons. The van der Waals surface area contributed by atoms with Gasteiger partial charge in [0.1, 0.15) is 11.3 Å². The lowest BCUT2D eigenvalue weighted by Gasteiger charge is -1.99. The first-order chi connectivity index (χ1) is 12.2. The van der Waals surface area contributed by atoms with E-state index >= 15 is 0 Å². The summed E-state index contributed by atoms with van der Waals surface area (Å²) in [7, 11) is 1.61. The van der Waals surface area contributed by atoms with Gasteiger partial charge in [-0.25, -0.2) is 9.97 Å². The van der Waals surface area contributed by atoms with Gasteiger partial charge in [0.15, 0.2) is 9.47 Å². The number of para-hydroxylation sites is 2. The highest BCUT2D eigenvalue weighted by atomic mass is 32.2. The number of aromatic nitrogens is 2. The second-order valence-corrected chi connectivity index (χ2v) is 8.39. The first kappa shape index (κ1) is 16.3. The van der Waals surface area contributed by atoms with Gasteiger partial charge in [-0.15, -0.1) is 11.3 Å². The number of carbonyl (C=O) groups is 1. The molecule has 0 unspecified atom stereocenters. The SMILES string of the molecule is COc1cccc2sc(NC(=O)CSc3nc4ccccc4s3)nc12. The summed E-state index contributed by atoms with van der Waals surface area (Å²) in [6.07, 6.45) is 0. The van der Waals surface area contributed by atoms with Crippen molar-refractivity contribution < 1.29 is 9.53 Å². The highest BCUT2D eigenvalue weighted by Gasteiger charge is 2.12. The lowest BCUT2D eigenvalue weighted by Crippen LogP contribution is -2.13. The van der Waals surface area contributed by atoms with Gasteiger partial charge in [-0.3, -0.25) is 4.79 Å². The first-order valence-corrected chi connectivity index (χ1v) is 10.1. The number of benzene rings is 2. The fourth-order valence-electron chi connectivity index (χ4n) is 2.34. The van der Waals surface area contributed by atoms with Gasteiger partial charge in [-0.2, -0.15) is 0 Å². The monoisotopic (exact) mass is 387 g/mol. The molecule has 0 bridgehead atoms. The fourth-order valence-corrected chi connectivity index (χ4v) is 5.10. The topological polar surface area (TPSA) is 64.1 Å². The Morgan fingerprint density at radius 1 is 1.12 bits per heavy atom. The van der Waals surface area contributed by atoms with Crippen LogP contribution in [0.2, 0.25) is 0 Å². The van der Waals surface area contributed by atoms with Gasteiger partial charge in [0, 0.05) is 0 Å². The number of nitrogens with zero attached hydrogens (tertiary/aromatic N) is 2. The third kappa shape index (κ3) is 3.46. The number of methoxy groups -OCH3 is 1. The van der Waals surface area contributed by atoms with Gasteiger partial charge >= 0.3 is 0 Å². The molecule has 0 saturated carbocycles. The molecule has 0 aliphatic carbocycles. The van der Waals surface area contributed by atoms with Gasteiger partial charge in [0.05, 0.1) is 27.8 Å². The molecule has 0 radical (unpaired) electrons. The third-order valence-corrected chi connectivity index (χ3v) is 6.56. The number of carbonyl (C=O) groups excluding carboxylic acids is 1. The maximum absolute atomic E-state index is 12.2. The maximum atomic E-state index is 12.2. The Balaban J connectivity index is 1.43. The number of rotatable bonds is 5. The van der Waals surface area contributed by atoms with Crippen LogP contribution in [0.4, 0.5) is 5.13 Å². The van der Waals surface area contributed by atoms with Crippen LogP contribution < -0.4 is 10.1 Å². The van der Waals surface area contributed by atoms with E-state index in [1.807, 2.05) is 42.5 Å². The standard InChI is InChI=1S/C17H13N3O2S3/c1-22-11-6-4-8-13-15(11)20-16(24-13)19-14(21)9-23-17-18-10-5-2-3-7-12(10)25-17/h2-8H,9H2,1H3,(H,19,20,21). The second kappa shape index (κ2) is 6.99. The molecule has 4 rings (SSSR count). The summed E-state index contributed by atoms with van der Waals surface area (Å²) in [5.41, 5.74) is 1.73. The number of thioether (sulfide) groups is 1. The average molecular weight is 388 g/mol. The van der Waals surface area contributed by atoms with Crippen LogP contribution in [0, 0.1) is 0 Å². The number of thiazole rings is 2. The van der Waals surface area contributed by atoms with Crippen molar-refractivity contribution in [3.63, 3.8) is 0 Å². The molecule has 2 heterocycles. The summed E-state index contributed by atoms with van der Waals surface area (Å²) in [6, 6.07) is 13.7. The minimum atomic E-state index is -0.0951. The van der Waals surface area contributed by atoms with Crippen LogP contribution in [0.5, 0.6) is 5.75 Å². The summed E-state index contributed by atoms with van der Waals surface area (Å²) < 4.78 is 8.30. The zero-order valence-electron chi connectivity index (χ0n) is 13.2. The quantitative estimate of drug-likeness (QED) is 0.505. The van der Waals surface area contributed by atoms with Crippen molar-refractivity contribution >= 4 is 65.9 Å². The number of hydrogen-bond acceptors (Lipinski definition) is 7. The van der Waals surface area contributed by atoms with E-state index in [0.29, 0.717) is 16.6 Å². The molecule has 0 aliphatic heterocycles. The zero-order chi connectivity index (χ0) is 17.2. The number of amides is 1. The molecule has 0 atom stereocenters. The molecule has 8 heteroatoms. The van der Waals surface area contributed by atoms with Crippen LogP contribution in [-0.2, 0) is 4.79 Å². The minimum Gasteiger partial charge on any atom is -0.494 e. The summed E-state index contributed by atoms with van der Waals surface area (Å²) in [6.45, 7) is 0.